The fourth-order valence-electron chi connectivity index (χ4n) is 3.42. The number of likely N-dealkylation sites (tertiary alicyclic amines) is 1. The number of nitrogens with zero attached hydrogens (tertiary/aromatic N) is 1. The third-order valence-electron chi connectivity index (χ3n) is 4.43. The predicted octanol–water partition coefficient (Wildman–Crippen LogP) is 2.50. The summed E-state index contributed by atoms with van der Waals surface area (Å²) < 4.78 is 0. The molecule has 2 aliphatic rings. The zero-order chi connectivity index (χ0) is 11.4. The van der Waals surface area contributed by atoms with E-state index in [9.17, 15) is 0 Å². The van der Waals surface area contributed by atoms with Crippen LogP contribution >= 0.6 is 0 Å². The van der Waals surface area contributed by atoms with E-state index < -0.39 is 0 Å². The van der Waals surface area contributed by atoms with Gasteiger partial charge >= 0.3 is 0 Å². The number of nitrogens with one attached hydrogen (secondary N) is 1. The van der Waals surface area contributed by atoms with Crippen LogP contribution in [0.15, 0.2) is 0 Å². The lowest BCUT2D eigenvalue weighted by Gasteiger charge is -2.37. The molecule has 94 valence electrons. The molecule has 0 bridgehead atoms. The fourth-order valence-corrected chi connectivity index (χ4v) is 3.42. The molecular weight excluding hydrogens is 196 g/mol. The van der Waals surface area contributed by atoms with E-state index in [1.54, 1.807) is 0 Å². The second-order valence-electron chi connectivity index (χ2n) is 5.92. The van der Waals surface area contributed by atoms with E-state index in [1.807, 2.05) is 0 Å². The molecule has 0 aromatic carbocycles. The highest BCUT2D eigenvalue weighted by Gasteiger charge is 2.24. The van der Waals surface area contributed by atoms with Crippen LogP contribution in [0.5, 0.6) is 0 Å². The Morgan fingerprint density at radius 2 is 2.12 bits per heavy atom. The molecule has 0 aliphatic carbocycles. The van der Waals surface area contributed by atoms with E-state index in [-0.39, 0.29) is 0 Å². The van der Waals surface area contributed by atoms with Gasteiger partial charge in [0.15, 0.2) is 0 Å². The Morgan fingerprint density at radius 3 is 2.88 bits per heavy atom. The Morgan fingerprint density at radius 1 is 1.25 bits per heavy atom. The first-order valence-electron chi connectivity index (χ1n) is 7.23. The number of rotatable bonds is 3. The van der Waals surface area contributed by atoms with Crippen LogP contribution in [0, 0.1) is 11.8 Å². The van der Waals surface area contributed by atoms with E-state index in [0.717, 1.165) is 17.9 Å². The van der Waals surface area contributed by atoms with Crippen molar-refractivity contribution in [2.24, 2.45) is 11.8 Å². The quantitative estimate of drug-likeness (QED) is 0.792. The van der Waals surface area contributed by atoms with Crippen molar-refractivity contribution in [3.05, 3.63) is 0 Å². The molecular formula is C14H28N2. The van der Waals surface area contributed by atoms with E-state index >= 15 is 0 Å². The van der Waals surface area contributed by atoms with Crippen molar-refractivity contribution in [1.29, 1.82) is 0 Å². The minimum atomic E-state index is 0.741. The van der Waals surface area contributed by atoms with Gasteiger partial charge in [0, 0.05) is 19.1 Å². The van der Waals surface area contributed by atoms with Gasteiger partial charge in [-0.15, -0.1) is 0 Å². The molecule has 2 saturated heterocycles. The molecule has 2 rings (SSSR count). The standard InChI is InChI=1S/C14H28N2/c1-3-13-5-4-8-16(10-13)11-14-6-7-15-12(2)9-14/h12-15H,3-11H2,1-2H3. The first-order valence-corrected chi connectivity index (χ1v) is 7.23. The average Bonchev–Trinajstić information content (AvgIpc) is 2.29. The third-order valence-corrected chi connectivity index (χ3v) is 4.43. The first-order chi connectivity index (χ1) is 7.78. The van der Waals surface area contributed by atoms with Gasteiger partial charge in [0.1, 0.15) is 0 Å². The minimum absolute atomic E-state index is 0.741. The molecule has 0 aromatic rings. The molecule has 0 spiro atoms. The Hall–Kier alpha value is -0.0800. The summed E-state index contributed by atoms with van der Waals surface area (Å²) in [6.07, 6.45) is 7.04. The highest BCUT2D eigenvalue weighted by molar-refractivity contribution is 4.80. The van der Waals surface area contributed by atoms with E-state index in [2.05, 4.69) is 24.1 Å². The van der Waals surface area contributed by atoms with Gasteiger partial charge in [0.05, 0.1) is 0 Å². The van der Waals surface area contributed by atoms with Gasteiger partial charge in [0.25, 0.3) is 0 Å². The molecule has 2 aliphatic heterocycles. The number of piperidine rings is 2. The van der Waals surface area contributed by atoms with Crippen molar-refractivity contribution in [2.75, 3.05) is 26.2 Å². The second-order valence-corrected chi connectivity index (χ2v) is 5.92. The number of hydrogen-bond acceptors (Lipinski definition) is 2. The van der Waals surface area contributed by atoms with Gasteiger partial charge in [-0.25, -0.2) is 0 Å². The maximum Gasteiger partial charge on any atom is 0.00418 e. The smallest absolute Gasteiger partial charge is 0.00418 e. The van der Waals surface area contributed by atoms with Crippen molar-refractivity contribution in [2.45, 2.75) is 52.0 Å². The SMILES string of the molecule is CCC1CCCN(CC2CCNC(C)C2)C1. The molecule has 3 unspecified atom stereocenters. The van der Waals surface area contributed by atoms with Crippen molar-refractivity contribution in [1.82, 2.24) is 10.2 Å². The van der Waals surface area contributed by atoms with Gasteiger partial charge in [-0.3, -0.25) is 0 Å². The molecule has 0 aromatic heterocycles. The third kappa shape index (κ3) is 3.46. The van der Waals surface area contributed by atoms with Crippen LogP contribution in [0.3, 0.4) is 0 Å². The lowest BCUT2D eigenvalue weighted by atomic mass is 9.90. The van der Waals surface area contributed by atoms with Crippen molar-refractivity contribution in [3.8, 4) is 0 Å². The van der Waals surface area contributed by atoms with Crippen molar-refractivity contribution < 1.29 is 0 Å². The molecule has 1 N–H and O–H groups in total. The summed E-state index contributed by atoms with van der Waals surface area (Å²) in [4.78, 5) is 2.74. The van der Waals surface area contributed by atoms with Crippen LogP contribution in [0.1, 0.15) is 46.0 Å². The summed E-state index contributed by atoms with van der Waals surface area (Å²) in [5.74, 6) is 1.93. The molecule has 16 heavy (non-hydrogen) atoms. The second kappa shape index (κ2) is 6.02. The van der Waals surface area contributed by atoms with Crippen molar-refractivity contribution >= 4 is 0 Å². The zero-order valence-corrected chi connectivity index (χ0v) is 11.0. The van der Waals surface area contributed by atoms with Crippen LogP contribution in [0.25, 0.3) is 0 Å². The summed E-state index contributed by atoms with van der Waals surface area (Å²) >= 11 is 0. The first kappa shape index (κ1) is 12.4. The Balaban J connectivity index is 1.75. The monoisotopic (exact) mass is 224 g/mol. The van der Waals surface area contributed by atoms with Crippen molar-refractivity contribution in [3.63, 3.8) is 0 Å². The lowest BCUT2D eigenvalue weighted by Crippen LogP contribution is -2.43. The lowest BCUT2D eigenvalue weighted by molar-refractivity contribution is 0.132. The predicted molar refractivity (Wildman–Crippen MR) is 69.6 cm³/mol. The Bertz CT molecular complexity index is 205. The molecule has 2 heterocycles. The van der Waals surface area contributed by atoms with E-state index in [4.69, 9.17) is 0 Å². The molecule has 0 saturated carbocycles. The largest absolute Gasteiger partial charge is 0.314 e. The summed E-state index contributed by atoms with van der Waals surface area (Å²) in [7, 11) is 0. The summed E-state index contributed by atoms with van der Waals surface area (Å²) in [5, 5.41) is 3.55. The molecule has 0 amide bonds. The van der Waals surface area contributed by atoms with Gasteiger partial charge < -0.3 is 10.2 Å². The van der Waals surface area contributed by atoms with Gasteiger partial charge in [-0.1, -0.05) is 13.3 Å². The minimum Gasteiger partial charge on any atom is -0.314 e. The normalized spacial score (nSPS) is 37.5. The number of hydrogen-bond donors (Lipinski definition) is 1. The molecule has 2 heteroatoms. The van der Waals surface area contributed by atoms with Gasteiger partial charge in [0.2, 0.25) is 0 Å². The van der Waals surface area contributed by atoms with Crippen LogP contribution in [0.4, 0.5) is 0 Å². The maximum atomic E-state index is 3.55. The Labute approximate surface area is 101 Å². The molecule has 3 atom stereocenters. The summed E-state index contributed by atoms with van der Waals surface area (Å²) in [6.45, 7) is 10.0. The average molecular weight is 224 g/mol. The van der Waals surface area contributed by atoms with E-state index in [1.165, 1.54) is 58.3 Å². The van der Waals surface area contributed by atoms with Crippen LogP contribution < -0.4 is 5.32 Å². The van der Waals surface area contributed by atoms with Gasteiger partial charge in [-0.05, 0) is 57.5 Å². The highest BCUT2D eigenvalue weighted by atomic mass is 15.1. The Kier molecular flexibility index (Phi) is 4.66. The molecule has 2 nitrogen and oxygen atoms in total. The molecule has 2 fully saturated rings. The van der Waals surface area contributed by atoms with E-state index in [0.29, 0.717) is 0 Å². The molecule has 0 radical (unpaired) electrons. The van der Waals surface area contributed by atoms with Crippen LogP contribution in [0.2, 0.25) is 0 Å². The van der Waals surface area contributed by atoms with Gasteiger partial charge in [-0.2, -0.15) is 0 Å². The zero-order valence-electron chi connectivity index (χ0n) is 11.0. The topological polar surface area (TPSA) is 15.3 Å². The van der Waals surface area contributed by atoms with Crippen LogP contribution in [-0.2, 0) is 0 Å². The van der Waals surface area contributed by atoms with Crippen LogP contribution in [-0.4, -0.2) is 37.1 Å². The summed E-state index contributed by atoms with van der Waals surface area (Å²) in [5.41, 5.74) is 0. The summed E-state index contributed by atoms with van der Waals surface area (Å²) in [6, 6.07) is 0.741. The highest BCUT2D eigenvalue weighted by Crippen LogP contribution is 2.23. The fraction of sp³-hybridized carbons (Fsp3) is 1.00. The maximum absolute atomic E-state index is 3.55.